The monoisotopic (exact) mass is 315 g/mol. The molecule has 3 amide bonds. The van der Waals surface area contributed by atoms with Crippen molar-refractivity contribution < 1.29 is 24.0 Å². The molecule has 1 aromatic heterocycles. The van der Waals surface area contributed by atoms with E-state index in [-0.39, 0.29) is 9.88 Å². The van der Waals surface area contributed by atoms with Gasteiger partial charge in [0.2, 0.25) is 0 Å². The Balaban J connectivity index is 2.58. The van der Waals surface area contributed by atoms with Gasteiger partial charge in [-0.05, 0) is 19.9 Å². The number of carbonyl (C=O) groups is 3. The van der Waals surface area contributed by atoms with Gasteiger partial charge in [0.25, 0.3) is 5.91 Å². The highest BCUT2D eigenvalue weighted by Gasteiger charge is 2.23. The quantitative estimate of drug-likeness (QED) is 0.475. The molecule has 0 bridgehead atoms. The molecule has 0 aliphatic rings. The zero-order chi connectivity index (χ0) is 16.0. The Hall–Kier alpha value is -2.49. The minimum Gasteiger partial charge on any atom is -0.448 e. The van der Waals surface area contributed by atoms with E-state index < -0.39 is 28.9 Å². The van der Waals surface area contributed by atoms with Gasteiger partial charge in [0.15, 0.2) is 6.10 Å². The molecule has 10 heteroatoms. The maximum absolute atomic E-state index is 11.7. The van der Waals surface area contributed by atoms with Gasteiger partial charge < -0.3 is 10.1 Å². The van der Waals surface area contributed by atoms with Crippen LogP contribution in [0.2, 0.25) is 0 Å². The summed E-state index contributed by atoms with van der Waals surface area (Å²) in [5.41, 5.74) is 0. The van der Waals surface area contributed by atoms with Crippen LogP contribution in [0.1, 0.15) is 23.5 Å². The molecular weight excluding hydrogens is 302 g/mol. The van der Waals surface area contributed by atoms with Gasteiger partial charge in [-0.25, -0.2) is 9.59 Å². The number of nitrogens with zero attached hydrogens (tertiary/aromatic N) is 1. The zero-order valence-electron chi connectivity index (χ0n) is 11.2. The van der Waals surface area contributed by atoms with Crippen molar-refractivity contribution in [3.8, 4) is 0 Å². The first-order chi connectivity index (χ1) is 9.85. The van der Waals surface area contributed by atoms with Crippen LogP contribution < -0.4 is 10.6 Å². The molecule has 1 aromatic rings. The van der Waals surface area contributed by atoms with Crippen LogP contribution in [0.4, 0.5) is 9.80 Å². The predicted octanol–water partition coefficient (Wildman–Crippen LogP) is 1.05. The van der Waals surface area contributed by atoms with Crippen LogP contribution in [-0.2, 0) is 9.53 Å². The normalized spacial score (nSPS) is 11.3. The van der Waals surface area contributed by atoms with Crippen LogP contribution in [0, 0.1) is 10.1 Å². The number of urea groups is 1. The van der Waals surface area contributed by atoms with Crippen molar-refractivity contribution in [3.63, 3.8) is 0 Å². The lowest BCUT2D eigenvalue weighted by Crippen LogP contribution is -2.44. The molecule has 2 N–H and O–H groups in total. The van der Waals surface area contributed by atoms with Crippen molar-refractivity contribution in [2.24, 2.45) is 0 Å². The van der Waals surface area contributed by atoms with Crippen molar-refractivity contribution in [2.45, 2.75) is 20.0 Å². The molecule has 1 heterocycles. The molecule has 9 nitrogen and oxygen atoms in total. The van der Waals surface area contributed by atoms with E-state index in [0.29, 0.717) is 17.9 Å². The summed E-state index contributed by atoms with van der Waals surface area (Å²) < 4.78 is 4.83. The van der Waals surface area contributed by atoms with Crippen LogP contribution in [0.5, 0.6) is 0 Å². The van der Waals surface area contributed by atoms with Crippen LogP contribution in [0.3, 0.4) is 0 Å². The molecule has 0 aliphatic carbocycles. The van der Waals surface area contributed by atoms with Crippen LogP contribution in [0.25, 0.3) is 0 Å². The van der Waals surface area contributed by atoms with Crippen molar-refractivity contribution in [3.05, 3.63) is 27.1 Å². The summed E-state index contributed by atoms with van der Waals surface area (Å²) in [5.74, 6) is -1.66. The number of carbonyl (C=O) groups excluding carboxylic acids is 3. The Morgan fingerprint density at radius 3 is 2.62 bits per heavy atom. The van der Waals surface area contributed by atoms with Gasteiger partial charge in [0, 0.05) is 12.6 Å². The summed E-state index contributed by atoms with van der Waals surface area (Å²) in [6.07, 6.45) is -1.21. The van der Waals surface area contributed by atoms with Crippen LogP contribution in [0.15, 0.2) is 12.1 Å². The van der Waals surface area contributed by atoms with E-state index in [9.17, 15) is 24.5 Å². The molecule has 0 aromatic carbocycles. The van der Waals surface area contributed by atoms with E-state index in [1.807, 2.05) is 5.32 Å². The summed E-state index contributed by atoms with van der Waals surface area (Å²) in [5, 5.41) is 14.6. The molecule has 0 spiro atoms. The molecule has 0 aliphatic heterocycles. The van der Waals surface area contributed by atoms with Crippen molar-refractivity contribution in [1.29, 1.82) is 0 Å². The van der Waals surface area contributed by atoms with Gasteiger partial charge in [-0.1, -0.05) is 11.3 Å². The fraction of sp³-hybridized carbons (Fsp3) is 0.364. The summed E-state index contributed by atoms with van der Waals surface area (Å²) in [6, 6.07) is 1.71. The molecule has 0 fully saturated rings. The SMILES string of the molecule is CCNC(=O)NC(=O)C(C)OC(=O)c1ccc([N+](=O)[O-])s1. The van der Waals surface area contributed by atoms with E-state index in [1.165, 1.54) is 19.1 Å². The van der Waals surface area contributed by atoms with E-state index >= 15 is 0 Å². The largest absolute Gasteiger partial charge is 0.448 e. The van der Waals surface area contributed by atoms with Crippen molar-refractivity contribution >= 4 is 34.2 Å². The Kier molecular flexibility index (Phi) is 5.79. The number of nitrogens with one attached hydrogen (secondary N) is 2. The van der Waals surface area contributed by atoms with Gasteiger partial charge in [0.05, 0.1) is 4.92 Å². The van der Waals surface area contributed by atoms with Gasteiger partial charge in [-0.2, -0.15) is 0 Å². The third-order valence-electron chi connectivity index (χ3n) is 2.20. The van der Waals surface area contributed by atoms with E-state index in [0.717, 1.165) is 0 Å². The molecular formula is C11H13N3O6S. The number of amides is 3. The first-order valence-electron chi connectivity index (χ1n) is 5.89. The smallest absolute Gasteiger partial charge is 0.349 e. The minimum absolute atomic E-state index is 0.000593. The number of imide groups is 1. The molecule has 114 valence electrons. The Bertz CT molecular complexity index is 570. The lowest BCUT2D eigenvalue weighted by molar-refractivity contribution is -0.380. The average molecular weight is 315 g/mol. The average Bonchev–Trinajstić information content (AvgIpc) is 2.88. The highest BCUT2D eigenvalue weighted by Crippen LogP contribution is 2.24. The van der Waals surface area contributed by atoms with E-state index in [2.05, 4.69) is 5.32 Å². The number of nitro groups is 1. The van der Waals surface area contributed by atoms with Crippen LogP contribution in [-0.4, -0.2) is 35.5 Å². The highest BCUT2D eigenvalue weighted by molar-refractivity contribution is 7.17. The number of rotatable bonds is 5. The fourth-order valence-corrected chi connectivity index (χ4v) is 1.93. The van der Waals surface area contributed by atoms with Gasteiger partial charge in [0.1, 0.15) is 4.88 Å². The molecule has 21 heavy (non-hydrogen) atoms. The molecule has 0 radical (unpaired) electrons. The van der Waals surface area contributed by atoms with Crippen LogP contribution >= 0.6 is 11.3 Å². The van der Waals surface area contributed by atoms with Gasteiger partial charge >= 0.3 is 17.0 Å². The number of thiophene rings is 1. The Labute approximate surface area is 123 Å². The van der Waals surface area contributed by atoms with Crippen molar-refractivity contribution in [2.75, 3.05) is 6.54 Å². The second-order valence-corrected chi connectivity index (χ2v) is 4.85. The van der Waals surface area contributed by atoms with E-state index in [1.54, 1.807) is 6.92 Å². The van der Waals surface area contributed by atoms with Crippen molar-refractivity contribution in [1.82, 2.24) is 10.6 Å². The molecule has 0 saturated carbocycles. The van der Waals surface area contributed by atoms with E-state index in [4.69, 9.17) is 4.74 Å². The maximum atomic E-state index is 11.7. The number of ether oxygens (including phenoxy) is 1. The summed E-state index contributed by atoms with van der Waals surface area (Å²) in [7, 11) is 0. The first kappa shape index (κ1) is 16.6. The van der Waals surface area contributed by atoms with Gasteiger partial charge in [-0.15, -0.1) is 0 Å². The lowest BCUT2D eigenvalue weighted by atomic mass is 10.3. The maximum Gasteiger partial charge on any atom is 0.349 e. The Morgan fingerprint density at radius 1 is 1.43 bits per heavy atom. The third-order valence-corrected chi connectivity index (χ3v) is 3.22. The second kappa shape index (κ2) is 7.33. The second-order valence-electron chi connectivity index (χ2n) is 3.79. The number of hydrogen-bond acceptors (Lipinski definition) is 7. The first-order valence-corrected chi connectivity index (χ1v) is 6.70. The topological polar surface area (TPSA) is 128 Å². The fourth-order valence-electron chi connectivity index (χ4n) is 1.23. The lowest BCUT2D eigenvalue weighted by Gasteiger charge is -2.12. The molecule has 1 rings (SSSR count). The number of hydrogen-bond donors (Lipinski definition) is 2. The molecule has 1 atom stereocenters. The molecule has 0 saturated heterocycles. The predicted molar refractivity (Wildman–Crippen MR) is 73.1 cm³/mol. The summed E-state index contributed by atoms with van der Waals surface area (Å²) in [6.45, 7) is 3.30. The van der Waals surface area contributed by atoms with Gasteiger partial charge in [-0.3, -0.25) is 20.2 Å². The zero-order valence-corrected chi connectivity index (χ0v) is 12.1. The summed E-state index contributed by atoms with van der Waals surface area (Å²) >= 11 is 0.640. The highest BCUT2D eigenvalue weighted by atomic mass is 32.1. The third kappa shape index (κ3) is 4.84. The molecule has 1 unspecified atom stereocenters. The summed E-state index contributed by atoms with van der Waals surface area (Å²) in [4.78, 5) is 44.3. The number of esters is 1. The Morgan fingerprint density at radius 2 is 2.10 bits per heavy atom. The minimum atomic E-state index is -1.21. The standard InChI is InChI=1S/C11H13N3O6S/c1-3-12-11(17)13-9(15)6(2)20-10(16)7-4-5-8(21-7)14(18)19/h4-6H,3H2,1-2H3,(H2,12,13,15,17).